The van der Waals surface area contributed by atoms with E-state index in [-0.39, 0.29) is 6.17 Å². The molecule has 1 fully saturated rings. The summed E-state index contributed by atoms with van der Waals surface area (Å²) < 4.78 is 5.05. The van der Waals surface area contributed by atoms with Crippen LogP contribution in [0.1, 0.15) is 0 Å². The smallest absolute Gasteiger partial charge is 0.215 e. The molecule has 1 saturated heterocycles. The number of hydrogen-bond donors (Lipinski definition) is 2. The molecule has 15 heavy (non-hydrogen) atoms. The summed E-state index contributed by atoms with van der Waals surface area (Å²) in [5.41, 5.74) is 10.8. The van der Waals surface area contributed by atoms with Gasteiger partial charge in [-0.1, -0.05) is 6.58 Å². The highest BCUT2D eigenvalue weighted by Gasteiger charge is 2.22. The van der Waals surface area contributed by atoms with Crippen LogP contribution in [0.4, 0.5) is 5.69 Å². The van der Waals surface area contributed by atoms with E-state index in [1.54, 1.807) is 13.3 Å². The molecular formula is C10H14N4O. The lowest BCUT2D eigenvalue weighted by Gasteiger charge is -2.18. The van der Waals surface area contributed by atoms with Crippen molar-refractivity contribution in [2.45, 2.75) is 6.17 Å². The third-order valence-corrected chi connectivity index (χ3v) is 2.34. The molecule has 2 heterocycles. The highest BCUT2D eigenvalue weighted by Crippen LogP contribution is 2.21. The number of pyridine rings is 1. The van der Waals surface area contributed by atoms with Gasteiger partial charge < -0.3 is 15.5 Å². The van der Waals surface area contributed by atoms with Crippen LogP contribution in [0, 0.1) is 0 Å². The zero-order valence-electron chi connectivity index (χ0n) is 8.60. The third-order valence-electron chi connectivity index (χ3n) is 2.34. The summed E-state index contributed by atoms with van der Waals surface area (Å²) in [6, 6.07) is 3.74. The van der Waals surface area contributed by atoms with Gasteiger partial charge in [0.15, 0.2) is 0 Å². The molecule has 0 aliphatic carbocycles. The Morgan fingerprint density at radius 1 is 1.73 bits per heavy atom. The lowest BCUT2D eigenvalue weighted by molar-refractivity contribution is 0.398. The molecule has 1 atom stereocenters. The lowest BCUT2D eigenvalue weighted by atomic mass is 10.3. The normalized spacial score (nSPS) is 20.8. The van der Waals surface area contributed by atoms with Crippen LogP contribution in [0.2, 0.25) is 0 Å². The molecule has 0 aromatic carbocycles. The molecule has 1 unspecified atom stereocenters. The monoisotopic (exact) mass is 206 g/mol. The van der Waals surface area contributed by atoms with E-state index in [0.717, 1.165) is 11.3 Å². The van der Waals surface area contributed by atoms with Gasteiger partial charge in [0, 0.05) is 12.3 Å². The largest absolute Gasteiger partial charge is 0.481 e. The second kappa shape index (κ2) is 3.88. The van der Waals surface area contributed by atoms with Crippen LogP contribution in [0.15, 0.2) is 30.5 Å². The summed E-state index contributed by atoms with van der Waals surface area (Å²) in [5.74, 6) is 0.584. The number of nitrogens with one attached hydrogen (secondary N) is 1. The van der Waals surface area contributed by atoms with Gasteiger partial charge in [0.1, 0.15) is 0 Å². The molecule has 1 aliphatic rings. The van der Waals surface area contributed by atoms with Crippen molar-refractivity contribution >= 4 is 5.69 Å². The van der Waals surface area contributed by atoms with Crippen molar-refractivity contribution < 1.29 is 4.74 Å². The van der Waals surface area contributed by atoms with E-state index in [2.05, 4.69) is 17.0 Å². The number of rotatable bonds is 2. The summed E-state index contributed by atoms with van der Waals surface area (Å²) in [7, 11) is 1.59. The van der Waals surface area contributed by atoms with E-state index in [1.165, 1.54) is 0 Å². The molecule has 0 spiro atoms. The number of nitrogens with zero attached hydrogens (tertiary/aromatic N) is 2. The van der Waals surface area contributed by atoms with Crippen LogP contribution < -0.4 is 20.9 Å². The van der Waals surface area contributed by atoms with Gasteiger partial charge in [-0.3, -0.25) is 0 Å². The molecule has 80 valence electrons. The Bertz CT molecular complexity index is 379. The van der Waals surface area contributed by atoms with Crippen molar-refractivity contribution in [2.24, 2.45) is 5.73 Å². The maximum Gasteiger partial charge on any atom is 0.215 e. The fraction of sp³-hybridized carbons (Fsp3) is 0.300. The predicted molar refractivity (Wildman–Crippen MR) is 58.4 cm³/mol. The zero-order chi connectivity index (χ0) is 10.8. The van der Waals surface area contributed by atoms with Crippen LogP contribution in [0.5, 0.6) is 5.88 Å². The van der Waals surface area contributed by atoms with Gasteiger partial charge in [0.2, 0.25) is 5.88 Å². The van der Waals surface area contributed by atoms with Gasteiger partial charge >= 0.3 is 0 Å². The van der Waals surface area contributed by atoms with Gasteiger partial charge in [-0.05, 0) is 11.6 Å². The first-order valence-electron chi connectivity index (χ1n) is 4.67. The van der Waals surface area contributed by atoms with E-state index >= 15 is 0 Å². The number of hydrazine groups is 1. The quantitative estimate of drug-likeness (QED) is 0.679. The molecule has 0 radical (unpaired) electrons. The Balaban J connectivity index is 2.19. The Hall–Kier alpha value is -1.59. The molecular weight excluding hydrogens is 192 g/mol. The highest BCUT2D eigenvalue weighted by atomic mass is 16.5. The Morgan fingerprint density at radius 2 is 2.53 bits per heavy atom. The van der Waals surface area contributed by atoms with Crippen LogP contribution in [0.3, 0.4) is 0 Å². The second-order valence-corrected chi connectivity index (χ2v) is 3.41. The average molecular weight is 206 g/mol. The van der Waals surface area contributed by atoms with Crippen molar-refractivity contribution in [2.75, 3.05) is 18.7 Å². The minimum atomic E-state index is -0.177. The first-order valence-corrected chi connectivity index (χ1v) is 4.67. The molecule has 1 aliphatic heterocycles. The van der Waals surface area contributed by atoms with Gasteiger partial charge in [-0.2, -0.15) is 0 Å². The van der Waals surface area contributed by atoms with Crippen LogP contribution in [0.25, 0.3) is 0 Å². The molecule has 1 aromatic heterocycles. The lowest BCUT2D eigenvalue weighted by Crippen LogP contribution is -2.40. The SMILES string of the molecule is C=C1CN(c2ccnc(OC)c2)NC1N. The van der Waals surface area contributed by atoms with Crippen molar-refractivity contribution in [3.8, 4) is 5.88 Å². The number of ether oxygens (including phenoxy) is 1. The van der Waals surface area contributed by atoms with Gasteiger partial charge in [-0.15, -0.1) is 0 Å². The fourth-order valence-electron chi connectivity index (χ4n) is 1.45. The minimum Gasteiger partial charge on any atom is -0.481 e. The summed E-state index contributed by atoms with van der Waals surface area (Å²) in [4.78, 5) is 4.04. The topological polar surface area (TPSA) is 63.4 Å². The first kappa shape index (κ1) is 9.95. The number of aromatic nitrogens is 1. The maximum absolute atomic E-state index is 5.78. The van der Waals surface area contributed by atoms with Crippen molar-refractivity contribution in [1.82, 2.24) is 10.4 Å². The molecule has 1 aromatic rings. The summed E-state index contributed by atoms with van der Waals surface area (Å²) in [6.07, 6.45) is 1.52. The van der Waals surface area contributed by atoms with E-state index in [1.807, 2.05) is 17.1 Å². The van der Waals surface area contributed by atoms with Gasteiger partial charge in [0.05, 0.1) is 25.5 Å². The Labute approximate surface area is 88.5 Å². The molecule has 0 saturated carbocycles. The average Bonchev–Trinajstić information content (AvgIpc) is 2.59. The number of nitrogens with two attached hydrogens (primary N) is 1. The van der Waals surface area contributed by atoms with Crippen LogP contribution in [-0.2, 0) is 0 Å². The van der Waals surface area contributed by atoms with E-state index in [0.29, 0.717) is 12.4 Å². The minimum absolute atomic E-state index is 0.177. The Morgan fingerprint density at radius 3 is 3.13 bits per heavy atom. The molecule has 2 rings (SSSR count). The van der Waals surface area contributed by atoms with Gasteiger partial charge in [-0.25, -0.2) is 10.4 Å². The summed E-state index contributed by atoms with van der Waals surface area (Å²) in [6.45, 7) is 4.58. The molecule has 3 N–H and O–H groups in total. The van der Waals surface area contributed by atoms with Crippen molar-refractivity contribution in [3.05, 3.63) is 30.5 Å². The molecule has 5 nitrogen and oxygen atoms in total. The highest BCUT2D eigenvalue weighted by molar-refractivity contribution is 5.50. The van der Waals surface area contributed by atoms with Crippen molar-refractivity contribution in [3.63, 3.8) is 0 Å². The number of methoxy groups -OCH3 is 1. The maximum atomic E-state index is 5.78. The summed E-state index contributed by atoms with van der Waals surface area (Å²) in [5, 5.41) is 1.93. The standard InChI is InChI=1S/C10H14N4O/c1-7-6-14(13-10(7)11)8-3-4-12-9(5-8)15-2/h3-5,10,13H,1,6,11H2,2H3. The second-order valence-electron chi connectivity index (χ2n) is 3.41. The molecule has 0 amide bonds. The van der Waals surface area contributed by atoms with E-state index in [9.17, 15) is 0 Å². The first-order chi connectivity index (χ1) is 7.20. The third kappa shape index (κ3) is 1.93. The fourth-order valence-corrected chi connectivity index (χ4v) is 1.45. The molecule has 5 heteroatoms. The van der Waals surface area contributed by atoms with Gasteiger partial charge in [0.25, 0.3) is 0 Å². The van der Waals surface area contributed by atoms with Crippen LogP contribution in [-0.4, -0.2) is 24.8 Å². The van der Waals surface area contributed by atoms with Crippen molar-refractivity contribution in [1.29, 1.82) is 0 Å². The Kier molecular flexibility index (Phi) is 2.57. The van der Waals surface area contributed by atoms with Crippen LogP contribution >= 0.6 is 0 Å². The number of anilines is 1. The van der Waals surface area contributed by atoms with E-state index < -0.39 is 0 Å². The number of hydrogen-bond acceptors (Lipinski definition) is 5. The summed E-state index contributed by atoms with van der Waals surface area (Å²) >= 11 is 0. The van der Waals surface area contributed by atoms with E-state index in [4.69, 9.17) is 10.5 Å². The zero-order valence-corrected chi connectivity index (χ0v) is 8.60. The predicted octanol–water partition coefficient (Wildman–Crippen LogP) is 0.256. The molecule has 0 bridgehead atoms.